The number of allylic oxidation sites excluding steroid dienone is 1. The van der Waals surface area contributed by atoms with E-state index in [4.69, 9.17) is 0 Å². The predicted molar refractivity (Wildman–Crippen MR) is 70.4 cm³/mol. The number of carbonyl (C=O) groups is 1. The van der Waals surface area contributed by atoms with E-state index in [0.717, 1.165) is 31.4 Å². The Morgan fingerprint density at radius 1 is 1.06 bits per heavy atom. The SMILES string of the molecule is CCCCCC/C=C(\C)C(=O)NCCCC. The maximum Gasteiger partial charge on any atom is 0.246 e. The molecule has 2 heteroatoms. The average molecular weight is 225 g/mol. The zero-order valence-corrected chi connectivity index (χ0v) is 11.1. The quantitative estimate of drug-likeness (QED) is 0.469. The summed E-state index contributed by atoms with van der Waals surface area (Å²) in [6, 6.07) is 0. The minimum Gasteiger partial charge on any atom is -0.352 e. The van der Waals surface area contributed by atoms with Crippen LogP contribution in [0.15, 0.2) is 11.6 Å². The van der Waals surface area contributed by atoms with Gasteiger partial charge >= 0.3 is 0 Å². The summed E-state index contributed by atoms with van der Waals surface area (Å²) >= 11 is 0. The van der Waals surface area contributed by atoms with Crippen molar-refractivity contribution in [3.8, 4) is 0 Å². The van der Waals surface area contributed by atoms with Crippen LogP contribution in [0, 0.1) is 0 Å². The largest absolute Gasteiger partial charge is 0.352 e. The van der Waals surface area contributed by atoms with Crippen molar-refractivity contribution in [2.75, 3.05) is 6.54 Å². The monoisotopic (exact) mass is 225 g/mol. The Bertz CT molecular complexity index is 209. The second kappa shape index (κ2) is 10.7. The van der Waals surface area contributed by atoms with Crippen molar-refractivity contribution in [3.63, 3.8) is 0 Å². The van der Waals surface area contributed by atoms with Gasteiger partial charge in [-0.25, -0.2) is 0 Å². The first-order valence-corrected chi connectivity index (χ1v) is 6.67. The van der Waals surface area contributed by atoms with Gasteiger partial charge in [-0.2, -0.15) is 0 Å². The minimum atomic E-state index is 0.101. The Morgan fingerprint density at radius 3 is 2.38 bits per heavy atom. The number of amides is 1. The summed E-state index contributed by atoms with van der Waals surface area (Å²) in [6.45, 7) is 7.04. The number of rotatable bonds is 9. The highest BCUT2D eigenvalue weighted by molar-refractivity contribution is 5.92. The van der Waals surface area contributed by atoms with Gasteiger partial charge in [0.2, 0.25) is 5.91 Å². The fraction of sp³-hybridized carbons (Fsp3) is 0.786. The number of unbranched alkanes of at least 4 members (excludes halogenated alkanes) is 5. The Kier molecular flexibility index (Phi) is 10.2. The van der Waals surface area contributed by atoms with Crippen molar-refractivity contribution in [2.24, 2.45) is 0 Å². The molecule has 2 nitrogen and oxygen atoms in total. The second-order valence-corrected chi connectivity index (χ2v) is 4.35. The number of hydrogen-bond acceptors (Lipinski definition) is 1. The van der Waals surface area contributed by atoms with E-state index in [1.54, 1.807) is 0 Å². The third-order valence-electron chi connectivity index (χ3n) is 2.68. The standard InChI is InChI=1S/C14H27NO/c1-4-6-8-9-10-11-13(3)14(16)15-12-7-5-2/h11H,4-10,12H2,1-3H3,(H,15,16)/b13-11+. The fourth-order valence-corrected chi connectivity index (χ4v) is 1.50. The van der Waals surface area contributed by atoms with E-state index in [1.165, 1.54) is 25.7 Å². The molecule has 16 heavy (non-hydrogen) atoms. The molecule has 0 saturated heterocycles. The third kappa shape index (κ3) is 8.51. The van der Waals surface area contributed by atoms with Crippen LogP contribution in [0.2, 0.25) is 0 Å². The number of hydrogen-bond donors (Lipinski definition) is 1. The van der Waals surface area contributed by atoms with Gasteiger partial charge in [-0.3, -0.25) is 4.79 Å². The predicted octanol–water partition coefficient (Wildman–Crippen LogP) is 3.82. The van der Waals surface area contributed by atoms with Crippen LogP contribution >= 0.6 is 0 Å². The van der Waals surface area contributed by atoms with Gasteiger partial charge in [0.05, 0.1) is 0 Å². The first kappa shape index (κ1) is 15.2. The van der Waals surface area contributed by atoms with Gasteiger partial charge in [0, 0.05) is 12.1 Å². The van der Waals surface area contributed by atoms with Crippen LogP contribution in [0.4, 0.5) is 0 Å². The molecule has 0 heterocycles. The average Bonchev–Trinajstić information content (AvgIpc) is 2.28. The third-order valence-corrected chi connectivity index (χ3v) is 2.68. The van der Waals surface area contributed by atoms with E-state index in [1.807, 2.05) is 6.92 Å². The molecule has 94 valence electrons. The second-order valence-electron chi connectivity index (χ2n) is 4.35. The Morgan fingerprint density at radius 2 is 1.75 bits per heavy atom. The zero-order valence-electron chi connectivity index (χ0n) is 11.1. The molecule has 0 saturated carbocycles. The molecule has 0 aromatic rings. The summed E-state index contributed by atoms with van der Waals surface area (Å²) in [5.41, 5.74) is 0.868. The van der Waals surface area contributed by atoms with Gasteiger partial charge in [0.15, 0.2) is 0 Å². The lowest BCUT2D eigenvalue weighted by Gasteiger charge is -2.04. The van der Waals surface area contributed by atoms with Gasteiger partial charge in [0.1, 0.15) is 0 Å². The highest BCUT2D eigenvalue weighted by Gasteiger charge is 2.01. The van der Waals surface area contributed by atoms with Crippen molar-refractivity contribution in [1.29, 1.82) is 0 Å². The maximum atomic E-state index is 11.6. The van der Waals surface area contributed by atoms with E-state index < -0.39 is 0 Å². The topological polar surface area (TPSA) is 29.1 Å². The molecule has 0 spiro atoms. The fourth-order valence-electron chi connectivity index (χ4n) is 1.50. The lowest BCUT2D eigenvalue weighted by atomic mass is 10.1. The highest BCUT2D eigenvalue weighted by Crippen LogP contribution is 2.05. The van der Waals surface area contributed by atoms with Crippen LogP contribution in [0.1, 0.15) is 65.7 Å². The molecule has 0 aromatic heterocycles. The summed E-state index contributed by atoms with van der Waals surface area (Å²) in [6.07, 6.45) is 10.3. The van der Waals surface area contributed by atoms with Crippen molar-refractivity contribution in [3.05, 3.63) is 11.6 Å². The van der Waals surface area contributed by atoms with Crippen LogP contribution in [0.25, 0.3) is 0 Å². The Hall–Kier alpha value is -0.790. The summed E-state index contributed by atoms with van der Waals surface area (Å²) in [5.74, 6) is 0.101. The van der Waals surface area contributed by atoms with E-state index in [2.05, 4.69) is 25.2 Å². The molecule has 0 bridgehead atoms. The van der Waals surface area contributed by atoms with Crippen LogP contribution in [0.5, 0.6) is 0 Å². The van der Waals surface area contributed by atoms with Gasteiger partial charge in [-0.15, -0.1) is 0 Å². The molecule has 1 N–H and O–H groups in total. The molecule has 0 aliphatic carbocycles. The molecular weight excluding hydrogens is 198 g/mol. The summed E-state index contributed by atoms with van der Waals surface area (Å²) in [7, 11) is 0. The van der Waals surface area contributed by atoms with Crippen LogP contribution in [0.3, 0.4) is 0 Å². The molecule has 0 rings (SSSR count). The molecule has 1 amide bonds. The lowest BCUT2D eigenvalue weighted by Crippen LogP contribution is -2.24. The van der Waals surface area contributed by atoms with E-state index in [0.29, 0.717) is 0 Å². The lowest BCUT2D eigenvalue weighted by molar-refractivity contribution is -0.117. The molecule has 0 aliphatic heterocycles. The molecule has 0 fully saturated rings. The molecule has 0 aliphatic rings. The minimum absolute atomic E-state index is 0.101. The molecule has 0 radical (unpaired) electrons. The van der Waals surface area contributed by atoms with Crippen molar-refractivity contribution >= 4 is 5.91 Å². The van der Waals surface area contributed by atoms with Crippen LogP contribution < -0.4 is 5.32 Å². The molecule has 0 atom stereocenters. The smallest absolute Gasteiger partial charge is 0.246 e. The van der Waals surface area contributed by atoms with Gasteiger partial charge in [0.25, 0.3) is 0 Å². The first-order valence-electron chi connectivity index (χ1n) is 6.67. The van der Waals surface area contributed by atoms with Crippen molar-refractivity contribution in [2.45, 2.75) is 65.7 Å². The Labute approximate surface area is 101 Å². The van der Waals surface area contributed by atoms with Crippen molar-refractivity contribution in [1.82, 2.24) is 5.32 Å². The van der Waals surface area contributed by atoms with Gasteiger partial charge in [-0.1, -0.05) is 45.6 Å². The maximum absolute atomic E-state index is 11.6. The van der Waals surface area contributed by atoms with Gasteiger partial charge in [-0.05, 0) is 26.2 Å². The molecular formula is C14H27NO. The summed E-state index contributed by atoms with van der Waals surface area (Å²) < 4.78 is 0. The first-order chi connectivity index (χ1) is 7.72. The van der Waals surface area contributed by atoms with E-state index in [-0.39, 0.29) is 5.91 Å². The molecule has 0 unspecified atom stereocenters. The summed E-state index contributed by atoms with van der Waals surface area (Å²) in [5, 5.41) is 2.93. The summed E-state index contributed by atoms with van der Waals surface area (Å²) in [4.78, 5) is 11.6. The van der Waals surface area contributed by atoms with Crippen molar-refractivity contribution < 1.29 is 4.79 Å². The Balaban J connectivity index is 3.62. The van der Waals surface area contributed by atoms with E-state index in [9.17, 15) is 4.79 Å². The normalized spacial score (nSPS) is 11.6. The van der Waals surface area contributed by atoms with E-state index >= 15 is 0 Å². The van der Waals surface area contributed by atoms with Gasteiger partial charge < -0.3 is 5.32 Å². The number of nitrogens with one attached hydrogen (secondary N) is 1. The molecule has 0 aromatic carbocycles. The van der Waals surface area contributed by atoms with Crippen LogP contribution in [-0.2, 0) is 4.79 Å². The number of carbonyl (C=O) groups excluding carboxylic acids is 1. The highest BCUT2D eigenvalue weighted by atomic mass is 16.1. The van der Waals surface area contributed by atoms with Crippen LogP contribution in [-0.4, -0.2) is 12.5 Å². The zero-order chi connectivity index (χ0) is 12.2.